The predicted octanol–water partition coefficient (Wildman–Crippen LogP) is 2.47. The minimum absolute atomic E-state index is 0.0841. The smallest absolute Gasteiger partial charge is 0.234 e. The lowest BCUT2D eigenvalue weighted by atomic mass is 10.4. The summed E-state index contributed by atoms with van der Waals surface area (Å²) in [6, 6.07) is 3.59. The molecule has 0 aromatic carbocycles. The lowest BCUT2D eigenvalue weighted by Crippen LogP contribution is -2.14. The molecule has 0 aliphatic heterocycles. The van der Waals surface area contributed by atoms with E-state index in [1.165, 1.54) is 24.6 Å². The second kappa shape index (κ2) is 6.74. The molecule has 0 unspecified atom stereocenters. The lowest BCUT2D eigenvalue weighted by molar-refractivity contribution is -0.113. The van der Waals surface area contributed by atoms with E-state index >= 15 is 0 Å². The molecule has 114 valence electrons. The Morgan fingerprint density at radius 2 is 2.36 bits per heavy atom. The summed E-state index contributed by atoms with van der Waals surface area (Å²) in [6.45, 7) is 4.45. The van der Waals surface area contributed by atoms with Crippen molar-refractivity contribution in [3.8, 4) is 0 Å². The molecule has 0 spiro atoms. The van der Waals surface area contributed by atoms with Crippen molar-refractivity contribution < 1.29 is 4.79 Å². The Labute approximate surface area is 133 Å². The summed E-state index contributed by atoms with van der Waals surface area (Å²) in [5.41, 5.74) is 0.694. The Morgan fingerprint density at radius 3 is 3.05 bits per heavy atom. The van der Waals surface area contributed by atoms with Crippen molar-refractivity contribution in [2.24, 2.45) is 0 Å². The number of rotatable bonds is 7. The number of hydrogen-bond donors (Lipinski definition) is 1. The van der Waals surface area contributed by atoms with E-state index in [0.29, 0.717) is 18.2 Å². The van der Waals surface area contributed by atoms with Crippen LogP contribution in [-0.4, -0.2) is 31.4 Å². The van der Waals surface area contributed by atoms with Crippen molar-refractivity contribution in [2.45, 2.75) is 30.5 Å². The largest absolute Gasteiger partial charge is 0.324 e. The molecule has 2 heterocycles. The van der Waals surface area contributed by atoms with E-state index in [-0.39, 0.29) is 11.7 Å². The van der Waals surface area contributed by atoms with Gasteiger partial charge in [0.15, 0.2) is 5.16 Å². The number of pyridine rings is 1. The summed E-state index contributed by atoms with van der Waals surface area (Å²) in [7, 11) is 0. The van der Waals surface area contributed by atoms with Crippen molar-refractivity contribution in [3.05, 3.63) is 43.0 Å². The fraction of sp³-hybridized carbons (Fsp3) is 0.333. The number of nitrogens with zero attached hydrogens (tertiary/aromatic N) is 4. The molecule has 3 rings (SSSR count). The molecule has 0 radical (unpaired) electrons. The molecular weight excluding hydrogens is 298 g/mol. The maximum absolute atomic E-state index is 12.0. The molecule has 0 atom stereocenters. The van der Waals surface area contributed by atoms with Crippen molar-refractivity contribution in [1.82, 2.24) is 19.7 Å². The zero-order valence-electron chi connectivity index (χ0n) is 12.1. The zero-order valence-corrected chi connectivity index (χ0v) is 12.9. The lowest BCUT2D eigenvalue weighted by Gasteiger charge is -2.07. The number of carbonyl (C=O) groups excluding carboxylic acids is 1. The highest BCUT2D eigenvalue weighted by atomic mass is 32.2. The van der Waals surface area contributed by atoms with Gasteiger partial charge in [0.05, 0.1) is 17.6 Å². The van der Waals surface area contributed by atoms with Crippen LogP contribution < -0.4 is 5.32 Å². The van der Waals surface area contributed by atoms with Gasteiger partial charge in [-0.05, 0) is 25.0 Å². The van der Waals surface area contributed by atoms with Crippen LogP contribution in [0.5, 0.6) is 0 Å². The molecule has 2 aromatic rings. The second-order valence-corrected chi connectivity index (χ2v) is 6.04. The topological polar surface area (TPSA) is 72.7 Å². The maximum atomic E-state index is 12.0. The van der Waals surface area contributed by atoms with Crippen LogP contribution in [0.15, 0.2) is 42.3 Å². The van der Waals surface area contributed by atoms with Crippen LogP contribution in [0.3, 0.4) is 0 Å². The van der Waals surface area contributed by atoms with E-state index in [0.717, 1.165) is 11.0 Å². The monoisotopic (exact) mass is 315 g/mol. The van der Waals surface area contributed by atoms with Crippen LogP contribution in [0.2, 0.25) is 0 Å². The SMILES string of the molecule is C=CCn1c(SCC(=O)Nc2cccnc2)nnc1C1CC1. The molecule has 7 heteroatoms. The Hall–Kier alpha value is -2.15. The number of aromatic nitrogens is 4. The average molecular weight is 315 g/mol. The van der Waals surface area contributed by atoms with Crippen molar-refractivity contribution >= 4 is 23.4 Å². The highest BCUT2D eigenvalue weighted by molar-refractivity contribution is 7.99. The van der Waals surface area contributed by atoms with Gasteiger partial charge < -0.3 is 9.88 Å². The van der Waals surface area contributed by atoms with Gasteiger partial charge in [-0.3, -0.25) is 9.78 Å². The van der Waals surface area contributed by atoms with Gasteiger partial charge in [0.1, 0.15) is 5.82 Å². The van der Waals surface area contributed by atoms with Crippen LogP contribution in [0.4, 0.5) is 5.69 Å². The third-order valence-corrected chi connectivity index (χ3v) is 4.24. The molecular formula is C15H17N5OS. The molecule has 1 aliphatic rings. The summed E-state index contributed by atoms with van der Waals surface area (Å²) < 4.78 is 2.05. The summed E-state index contributed by atoms with van der Waals surface area (Å²) >= 11 is 1.39. The molecule has 1 aliphatic carbocycles. The van der Waals surface area contributed by atoms with Crippen LogP contribution in [0.1, 0.15) is 24.6 Å². The minimum atomic E-state index is -0.0841. The number of carbonyl (C=O) groups is 1. The van der Waals surface area contributed by atoms with Gasteiger partial charge >= 0.3 is 0 Å². The molecule has 0 saturated heterocycles. The van der Waals surface area contributed by atoms with E-state index in [2.05, 4.69) is 27.1 Å². The number of amides is 1. The summed E-state index contributed by atoms with van der Waals surface area (Å²) in [5.74, 6) is 1.73. The summed E-state index contributed by atoms with van der Waals surface area (Å²) in [5, 5.41) is 12.0. The first-order valence-corrected chi connectivity index (χ1v) is 8.13. The fourth-order valence-electron chi connectivity index (χ4n) is 2.11. The van der Waals surface area contributed by atoms with Gasteiger partial charge in [0.25, 0.3) is 0 Å². The normalized spacial score (nSPS) is 13.8. The van der Waals surface area contributed by atoms with E-state index in [4.69, 9.17) is 0 Å². The molecule has 1 amide bonds. The van der Waals surface area contributed by atoms with E-state index in [1.807, 2.05) is 10.6 Å². The van der Waals surface area contributed by atoms with Crippen molar-refractivity contribution in [2.75, 3.05) is 11.1 Å². The zero-order chi connectivity index (χ0) is 15.4. The molecule has 2 aromatic heterocycles. The number of nitrogens with one attached hydrogen (secondary N) is 1. The Morgan fingerprint density at radius 1 is 1.50 bits per heavy atom. The second-order valence-electron chi connectivity index (χ2n) is 5.09. The fourth-order valence-corrected chi connectivity index (χ4v) is 2.87. The molecule has 1 fully saturated rings. The van der Waals surface area contributed by atoms with Crippen molar-refractivity contribution in [3.63, 3.8) is 0 Å². The molecule has 1 N–H and O–H groups in total. The molecule has 6 nitrogen and oxygen atoms in total. The highest BCUT2D eigenvalue weighted by Crippen LogP contribution is 2.40. The van der Waals surface area contributed by atoms with Crippen LogP contribution in [0, 0.1) is 0 Å². The average Bonchev–Trinajstić information content (AvgIpc) is 3.29. The predicted molar refractivity (Wildman–Crippen MR) is 85.8 cm³/mol. The first kappa shape index (κ1) is 14.8. The standard InChI is InChI=1S/C15H17N5OS/c1-2-8-20-14(11-5-6-11)18-19-15(20)22-10-13(21)17-12-4-3-7-16-9-12/h2-4,7,9,11H,1,5-6,8,10H2,(H,17,21). The van der Waals surface area contributed by atoms with E-state index in [9.17, 15) is 4.79 Å². The summed E-state index contributed by atoms with van der Waals surface area (Å²) in [4.78, 5) is 15.9. The quantitative estimate of drug-likeness (QED) is 0.627. The minimum Gasteiger partial charge on any atom is -0.324 e. The molecule has 1 saturated carbocycles. The number of hydrogen-bond acceptors (Lipinski definition) is 5. The van der Waals surface area contributed by atoms with Gasteiger partial charge in [-0.1, -0.05) is 17.8 Å². The maximum Gasteiger partial charge on any atom is 0.234 e. The Balaban J connectivity index is 1.61. The first-order chi connectivity index (χ1) is 10.8. The van der Waals surface area contributed by atoms with Crippen LogP contribution >= 0.6 is 11.8 Å². The van der Waals surface area contributed by atoms with E-state index in [1.54, 1.807) is 24.5 Å². The van der Waals surface area contributed by atoms with Gasteiger partial charge in [-0.15, -0.1) is 16.8 Å². The Bertz CT molecular complexity index is 666. The van der Waals surface area contributed by atoms with Gasteiger partial charge in [0.2, 0.25) is 5.91 Å². The number of anilines is 1. The Kier molecular flexibility index (Phi) is 4.53. The van der Waals surface area contributed by atoms with E-state index < -0.39 is 0 Å². The third-order valence-electron chi connectivity index (χ3n) is 3.28. The molecule has 22 heavy (non-hydrogen) atoms. The van der Waals surface area contributed by atoms with Crippen LogP contribution in [-0.2, 0) is 11.3 Å². The highest BCUT2D eigenvalue weighted by Gasteiger charge is 2.30. The number of allylic oxidation sites excluding steroid dienone is 1. The van der Waals surface area contributed by atoms with Crippen molar-refractivity contribution in [1.29, 1.82) is 0 Å². The molecule has 0 bridgehead atoms. The van der Waals surface area contributed by atoms with Gasteiger partial charge in [-0.2, -0.15) is 0 Å². The number of thioether (sulfide) groups is 1. The third kappa shape index (κ3) is 3.54. The first-order valence-electron chi connectivity index (χ1n) is 7.14. The summed E-state index contributed by atoms with van der Waals surface area (Å²) in [6.07, 6.45) is 7.45. The van der Waals surface area contributed by atoms with Gasteiger partial charge in [-0.25, -0.2) is 0 Å². The van der Waals surface area contributed by atoms with Gasteiger partial charge in [0, 0.05) is 18.7 Å². The van der Waals surface area contributed by atoms with Crippen LogP contribution in [0.25, 0.3) is 0 Å².